The van der Waals surface area contributed by atoms with Crippen molar-refractivity contribution in [3.8, 4) is 29.7 Å². The van der Waals surface area contributed by atoms with Crippen LogP contribution in [0.4, 0.5) is 5.69 Å². The molecule has 2 aromatic carbocycles. The minimum Gasteiger partial charge on any atom is -0.478 e. The van der Waals surface area contributed by atoms with E-state index in [1.54, 1.807) is 42.5 Å². The van der Waals surface area contributed by atoms with Gasteiger partial charge in [-0.1, -0.05) is 0 Å². The van der Waals surface area contributed by atoms with Gasteiger partial charge in [0.15, 0.2) is 5.57 Å². The highest BCUT2D eigenvalue weighted by Gasteiger charge is 2.07. The molecular formula is C18H10N4O3. The van der Waals surface area contributed by atoms with E-state index in [0.29, 0.717) is 17.2 Å². The number of hydrogen-bond donors (Lipinski definition) is 2. The van der Waals surface area contributed by atoms with Gasteiger partial charge >= 0.3 is 5.97 Å². The van der Waals surface area contributed by atoms with Gasteiger partial charge in [0.1, 0.15) is 35.4 Å². The number of nitrogens with zero attached hydrogens (tertiary/aromatic N) is 3. The number of benzene rings is 2. The summed E-state index contributed by atoms with van der Waals surface area (Å²) in [6, 6.07) is 17.5. The number of nitriles is 3. The first-order chi connectivity index (χ1) is 12.1. The maximum atomic E-state index is 10.8. The molecule has 0 saturated heterocycles. The van der Waals surface area contributed by atoms with E-state index in [0.717, 1.165) is 0 Å². The minimum atomic E-state index is -1.02. The predicted octanol–water partition coefficient (Wildman–Crippen LogP) is 3.41. The summed E-state index contributed by atoms with van der Waals surface area (Å²) in [6.45, 7) is 0. The first-order valence-electron chi connectivity index (χ1n) is 6.90. The molecule has 7 nitrogen and oxygen atoms in total. The zero-order valence-corrected chi connectivity index (χ0v) is 12.7. The monoisotopic (exact) mass is 330 g/mol. The molecule has 0 saturated carbocycles. The fourth-order valence-electron chi connectivity index (χ4n) is 1.84. The van der Waals surface area contributed by atoms with Crippen molar-refractivity contribution in [1.29, 1.82) is 15.8 Å². The maximum absolute atomic E-state index is 10.8. The number of allylic oxidation sites excluding steroid dienone is 2. The molecule has 25 heavy (non-hydrogen) atoms. The Bertz CT molecular complexity index is 924. The summed E-state index contributed by atoms with van der Waals surface area (Å²) >= 11 is 0. The van der Waals surface area contributed by atoms with Gasteiger partial charge in [-0.3, -0.25) is 0 Å². The Morgan fingerprint density at radius 2 is 1.40 bits per heavy atom. The summed E-state index contributed by atoms with van der Waals surface area (Å²) in [5.41, 5.74) is 0.228. The van der Waals surface area contributed by atoms with E-state index in [4.69, 9.17) is 25.6 Å². The molecule has 0 aliphatic heterocycles. The van der Waals surface area contributed by atoms with Crippen LogP contribution >= 0.6 is 0 Å². The Labute approximate surface area is 143 Å². The Balaban J connectivity index is 2.11. The van der Waals surface area contributed by atoms with Gasteiger partial charge in [-0.2, -0.15) is 15.8 Å². The normalized spacial score (nSPS) is 9.00. The zero-order valence-electron chi connectivity index (χ0n) is 12.7. The van der Waals surface area contributed by atoms with Gasteiger partial charge in [0.2, 0.25) is 0 Å². The molecule has 120 valence electrons. The second-order valence-electron chi connectivity index (χ2n) is 4.67. The van der Waals surface area contributed by atoms with Gasteiger partial charge in [-0.25, -0.2) is 4.79 Å². The lowest BCUT2D eigenvalue weighted by molar-refractivity contribution is 0.0697. The van der Waals surface area contributed by atoms with E-state index in [2.05, 4.69) is 5.32 Å². The first-order valence-corrected chi connectivity index (χ1v) is 6.90. The van der Waals surface area contributed by atoms with E-state index in [1.807, 2.05) is 0 Å². The van der Waals surface area contributed by atoms with Gasteiger partial charge in [-0.05, 0) is 48.5 Å². The van der Waals surface area contributed by atoms with Gasteiger partial charge in [0, 0.05) is 5.69 Å². The van der Waals surface area contributed by atoms with Crippen LogP contribution in [0.15, 0.2) is 59.8 Å². The quantitative estimate of drug-likeness (QED) is 0.803. The van der Waals surface area contributed by atoms with Crippen LogP contribution in [0, 0.1) is 34.0 Å². The van der Waals surface area contributed by atoms with Crippen LogP contribution in [0.2, 0.25) is 0 Å². The number of carbonyl (C=O) groups is 1. The summed E-state index contributed by atoms with van der Waals surface area (Å²) in [5, 5.41) is 38.1. The molecule has 0 unspecified atom stereocenters. The number of rotatable bonds is 5. The van der Waals surface area contributed by atoms with Crippen molar-refractivity contribution in [3.63, 3.8) is 0 Å². The van der Waals surface area contributed by atoms with Crippen LogP contribution in [-0.2, 0) is 0 Å². The summed E-state index contributed by atoms with van der Waals surface area (Å²) in [5.74, 6) is -0.0473. The molecule has 0 aliphatic rings. The largest absolute Gasteiger partial charge is 0.478 e. The number of ether oxygens (including phenoxy) is 1. The first kappa shape index (κ1) is 17.1. The third kappa shape index (κ3) is 4.35. The minimum absolute atomic E-state index is 0.136. The predicted molar refractivity (Wildman–Crippen MR) is 87.4 cm³/mol. The van der Waals surface area contributed by atoms with Crippen LogP contribution in [0.25, 0.3) is 0 Å². The van der Waals surface area contributed by atoms with E-state index < -0.39 is 5.97 Å². The molecule has 0 aromatic heterocycles. The van der Waals surface area contributed by atoms with Crippen molar-refractivity contribution in [1.82, 2.24) is 0 Å². The molecule has 7 heteroatoms. The molecule has 0 amide bonds. The lowest BCUT2D eigenvalue weighted by Crippen LogP contribution is -2.00. The van der Waals surface area contributed by atoms with Crippen molar-refractivity contribution in [2.75, 3.05) is 5.32 Å². The molecule has 2 N–H and O–H groups in total. The van der Waals surface area contributed by atoms with Gasteiger partial charge < -0.3 is 15.2 Å². The molecule has 0 bridgehead atoms. The van der Waals surface area contributed by atoms with Crippen LogP contribution in [0.3, 0.4) is 0 Å². The summed E-state index contributed by atoms with van der Waals surface area (Å²) in [6.07, 6.45) is 0. The number of aromatic carboxylic acids is 1. The lowest BCUT2D eigenvalue weighted by Gasteiger charge is -2.08. The number of anilines is 1. The van der Waals surface area contributed by atoms with Crippen LogP contribution in [0.5, 0.6) is 11.5 Å². The highest BCUT2D eigenvalue weighted by molar-refractivity contribution is 5.87. The van der Waals surface area contributed by atoms with E-state index >= 15 is 0 Å². The number of carboxylic acid groups (broad SMARTS) is 1. The Morgan fingerprint density at radius 1 is 0.880 bits per heavy atom. The highest BCUT2D eigenvalue weighted by Crippen LogP contribution is 2.24. The molecular weight excluding hydrogens is 320 g/mol. The molecule has 0 fully saturated rings. The Kier molecular flexibility index (Phi) is 5.35. The van der Waals surface area contributed by atoms with Gasteiger partial charge in [0.05, 0.1) is 5.56 Å². The van der Waals surface area contributed by atoms with Crippen molar-refractivity contribution < 1.29 is 14.6 Å². The fourth-order valence-corrected chi connectivity index (χ4v) is 1.84. The SMILES string of the molecule is N#CC(C#N)=C(C#N)Nc1ccc(Oc2ccc(C(=O)O)cc2)cc1. The van der Waals surface area contributed by atoms with Gasteiger partial charge in [0.25, 0.3) is 0 Å². The average molecular weight is 330 g/mol. The second-order valence-corrected chi connectivity index (χ2v) is 4.67. The van der Waals surface area contributed by atoms with Crippen LogP contribution in [-0.4, -0.2) is 11.1 Å². The van der Waals surface area contributed by atoms with E-state index in [1.165, 1.54) is 24.3 Å². The summed E-state index contributed by atoms with van der Waals surface area (Å²) in [4.78, 5) is 10.8. The summed E-state index contributed by atoms with van der Waals surface area (Å²) in [7, 11) is 0. The molecule has 2 rings (SSSR count). The standard InChI is InChI=1S/C18H10N4O3/c19-9-13(10-20)17(11-21)22-14-3-7-16(8-4-14)25-15-5-1-12(2-6-15)18(23)24/h1-8,22H,(H,23,24). The molecule has 0 spiro atoms. The Hall–Kier alpha value is -4.28. The summed E-state index contributed by atoms with van der Waals surface area (Å²) < 4.78 is 5.59. The van der Waals surface area contributed by atoms with Crippen molar-refractivity contribution in [2.24, 2.45) is 0 Å². The second kappa shape index (κ2) is 7.82. The van der Waals surface area contributed by atoms with E-state index in [-0.39, 0.29) is 16.8 Å². The van der Waals surface area contributed by atoms with Crippen molar-refractivity contribution in [3.05, 3.63) is 65.4 Å². The third-order valence-corrected chi connectivity index (χ3v) is 3.05. The molecule has 0 atom stereocenters. The van der Waals surface area contributed by atoms with E-state index in [9.17, 15) is 4.79 Å². The zero-order chi connectivity index (χ0) is 18.2. The topological polar surface area (TPSA) is 130 Å². The molecule has 0 aliphatic carbocycles. The molecule has 0 heterocycles. The van der Waals surface area contributed by atoms with Gasteiger partial charge in [-0.15, -0.1) is 0 Å². The molecule has 2 aromatic rings. The molecule has 0 radical (unpaired) electrons. The van der Waals surface area contributed by atoms with Crippen molar-refractivity contribution >= 4 is 11.7 Å². The van der Waals surface area contributed by atoms with Crippen molar-refractivity contribution in [2.45, 2.75) is 0 Å². The smallest absolute Gasteiger partial charge is 0.335 e. The average Bonchev–Trinajstić information content (AvgIpc) is 2.63. The lowest BCUT2D eigenvalue weighted by atomic mass is 10.2. The number of hydrogen-bond acceptors (Lipinski definition) is 6. The fraction of sp³-hybridized carbons (Fsp3) is 0. The van der Waals surface area contributed by atoms with Crippen LogP contribution in [0.1, 0.15) is 10.4 Å². The highest BCUT2D eigenvalue weighted by atomic mass is 16.5. The Morgan fingerprint density at radius 3 is 1.84 bits per heavy atom. The number of nitrogens with one attached hydrogen (secondary N) is 1. The third-order valence-electron chi connectivity index (χ3n) is 3.05. The number of carboxylic acids is 1. The maximum Gasteiger partial charge on any atom is 0.335 e. The van der Waals surface area contributed by atoms with Crippen LogP contribution < -0.4 is 10.1 Å².